The molecule has 1 fully saturated rings. The number of amides is 1. The number of Topliss-reactive ketones (excluding diaryl/α,β-unsaturated/α-hetero) is 1. The molecule has 32 heavy (non-hydrogen) atoms. The lowest BCUT2D eigenvalue weighted by molar-refractivity contribution is -0.139. The van der Waals surface area contributed by atoms with Gasteiger partial charge in [-0.1, -0.05) is 0 Å². The molecule has 166 valence electrons. The normalized spacial score (nSPS) is 18.2. The number of likely N-dealkylation sites (tertiary alicyclic amines) is 1. The quantitative estimate of drug-likeness (QED) is 0.357. The molecule has 9 heteroatoms. The van der Waals surface area contributed by atoms with Crippen LogP contribution >= 0.6 is 0 Å². The van der Waals surface area contributed by atoms with Crippen LogP contribution in [0.3, 0.4) is 0 Å². The number of aliphatic hydroxyl groups is 1. The molecule has 3 aromatic rings. The largest absolute Gasteiger partial charge is 0.507 e. The molecule has 1 aliphatic rings. The minimum absolute atomic E-state index is 0.00341. The number of benzene rings is 1. The minimum Gasteiger partial charge on any atom is -0.507 e. The summed E-state index contributed by atoms with van der Waals surface area (Å²) in [5, 5.41) is 11.1. The van der Waals surface area contributed by atoms with Crippen molar-refractivity contribution in [1.29, 1.82) is 0 Å². The fourth-order valence-electron chi connectivity index (χ4n) is 4.00. The van der Waals surface area contributed by atoms with Crippen molar-refractivity contribution in [1.82, 2.24) is 19.4 Å². The molecule has 1 amide bonds. The first-order valence-electron chi connectivity index (χ1n) is 10.2. The van der Waals surface area contributed by atoms with Crippen LogP contribution in [0.4, 0.5) is 0 Å². The van der Waals surface area contributed by atoms with Crippen LogP contribution in [-0.2, 0) is 16.6 Å². The van der Waals surface area contributed by atoms with Gasteiger partial charge in [0.15, 0.2) is 5.58 Å². The van der Waals surface area contributed by atoms with Crippen molar-refractivity contribution < 1.29 is 19.1 Å². The molecule has 1 aromatic carbocycles. The van der Waals surface area contributed by atoms with Gasteiger partial charge in [-0.2, -0.15) is 0 Å². The van der Waals surface area contributed by atoms with E-state index in [0.29, 0.717) is 24.0 Å². The second-order valence-electron chi connectivity index (χ2n) is 8.04. The number of aryl methyl sites for hydroxylation is 1. The molecular weight excluding hydrogens is 412 g/mol. The molecule has 9 nitrogen and oxygen atoms in total. The second kappa shape index (κ2) is 8.43. The Labute approximate surface area is 184 Å². The number of pyridine rings is 1. The van der Waals surface area contributed by atoms with E-state index in [9.17, 15) is 19.5 Å². The molecule has 1 atom stereocenters. The summed E-state index contributed by atoms with van der Waals surface area (Å²) in [7, 11) is 5.45. The lowest BCUT2D eigenvalue weighted by Gasteiger charge is -2.25. The van der Waals surface area contributed by atoms with Gasteiger partial charge in [0.2, 0.25) is 0 Å². The molecule has 0 saturated carbocycles. The Kier molecular flexibility index (Phi) is 5.67. The highest BCUT2D eigenvalue weighted by Gasteiger charge is 2.45. The number of carbonyl (C=O) groups excluding carboxylic acids is 2. The first-order chi connectivity index (χ1) is 15.3. The van der Waals surface area contributed by atoms with E-state index in [1.165, 1.54) is 15.5 Å². The highest BCUT2D eigenvalue weighted by atomic mass is 16.4. The summed E-state index contributed by atoms with van der Waals surface area (Å²) in [4.78, 5) is 45.3. The summed E-state index contributed by atoms with van der Waals surface area (Å²) < 4.78 is 6.55. The van der Waals surface area contributed by atoms with Crippen LogP contribution in [0.2, 0.25) is 0 Å². The van der Waals surface area contributed by atoms with E-state index in [2.05, 4.69) is 4.98 Å². The van der Waals surface area contributed by atoms with Crippen molar-refractivity contribution in [2.75, 3.05) is 27.2 Å². The van der Waals surface area contributed by atoms with Crippen molar-refractivity contribution in [2.24, 2.45) is 7.05 Å². The van der Waals surface area contributed by atoms with Crippen LogP contribution < -0.4 is 5.76 Å². The van der Waals surface area contributed by atoms with Gasteiger partial charge in [-0.15, -0.1) is 0 Å². The Morgan fingerprint density at radius 2 is 1.88 bits per heavy atom. The molecule has 2 aromatic heterocycles. The number of hydrogen-bond acceptors (Lipinski definition) is 7. The third kappa shape index (κ3) is 3.71. The summed E-state index contributed by atoms with van der Waals surface area (Å²) in [5.74, 6) is -2.24. The fraction of sp³-hybridized carbons (Fsp3) is 0.304. The maximum atomic E-state index is 13.0. The van der Waals surface area contributed by atoms with E-state index in [1.54, 1.807) is 43.7 Å². The lowest BCUT2D eigenvalue weighted by Crippen LogP contribution is -2.32. The Balaban J connectivity index is 1.82. The number of nitrogens with zero attached hydrogens (tertiary/aromatic N) is 4. The van der Waals surface area contributed by atoms with Crippen molar-refractivity contribution in [3.63, 3.8) is 0 Å². The Morgan fingerprint density at radius 3 is 2.56 bits per heavy atom. The van der Waals surface area contributed by atoms with Gasteiger partial charge >= 0.3 is 5.76 Å². The number of oxazole rings is 1. The average Bonchev–Trinajstić information content (AvgIpc) is 3.20. The van der Waals surface area contributed by atoms with Gasteiger partial charge in [0.25, 0.3) is 11.7 Å². The maximum Gasteiger partial charge on any atom is 0.419 e. The smallest absolute Gasteiger partial charge is 0.419 e. The van der Waals surface area contributed by atoms with E-state index in [1.807, 2.05) is 19.0 Å². The molecule has 4 rings (SSSR count). The van der Waals surface area contributed by atoms with Crippen molar-refractivity contribution in [2.45, 2.75) is 12.5 Å². The lowest BCUT2D eigenvalue weighted by atomic mass is 9.96. The summed E-state index contributed by atoms with van der Waals surface area (Å²) in [6.07, 6.45) is 3.84. The van der Waals surface area contributed by atoms with E-state index < -0.39 is 23.5 Å². The van der Waals surface area contributed by atoms with Gasteiger partial charge in [-0.3, -0.25) is 19.1 Å². The molecular formula is C23H24N4O5. The van der Waals surface area contributed by atoms with Gasteiger partial charge < -0.3 is 19.3 Å². The number of hydrogen-bond donors (Lipinski definition) is 1. The predicted octanol–water partition coefficient (Wildman–Crippen LogP) is 1.90. The Morgan fingerprint density at radius 1 is 1.16 bits per heavy atom. The monoisotopic (exact) mass is 436 g/mol. The summed E-state index contributed by atoms with van der Waals surface area (Å²) in [5.41, 5.74) is 1.81. The number of ketones is 1. The minimum atomic E-state index is -0.747. The van der Waals surface area contributed by atoms with Crippen molar-refractivity contribution in [3.05, 3.63) is 70.0 Å². The number of aliphatic hydroxyl groups excluding tert-OH is 1. The highest BCUT2D eigenvalue weighted by Crippen LogP contribution is 2.39. The SMILES string of the molecule is CN(C)CCCN1C(=O)C(=O)C(=C(O)c2ccc3c(c2)oc(=O)n3C)[C@@H]1c1ccncc1. The molecule has 1 N–H and O–H groups in total. The molecule has 0 spiro atoms. The third-order valence-corrected chi connectivity index (χ3v) is 5.63. The van der Waals surface area contributed by atoms with Crippen LogP contribution in [0.25, 0.3) is 16.9 Å². The summed E-state index contributed by atoms with van der Waals surface area (Å²) in [6.45, 7) is 1.11. The maximum absolute atomic E-state index is 13.0. The van der Waals surface area contributed by atoms with Crippen molar-refractivity contribution >= 4 is 28.5 Å². The number of aromatic nitrogens is 2. The number of carbonyl (C=O) groups is 2. The summed E-state index contributed by atoms with van der Waals surface area (Å²) in [6, 6.07) is 7.43. The Hall–Kier alpha value is -3.72. The van der Waals surface area contributed by atoms with Gasteiger partial charge in [0.05, 0.1) is 17.1 Å². The van der Waals surface area contributed by atoms with Gasteiger partial charge in [0.1, 0.15) is 5.76 Å². The second-order valence-corrected chi connectivity index (χ2v) is 8.04. The average molecular weight is 436 g/mol. The summed E-state index contributed by atoms with van der Waals surface area (Å²) >= 11 is 0. The van der Waals surface area contributed by atoms with E-state index in [4.69, 9.17) is 4.42 Å². The zero-order valence-electron chi connectivity index (χ0n) is 18.1. The first kappa shape index (κ1) is 21.5. The van der Waals surface area contributed by atoms with Gasteiger partial charge in [-0.05, 0) is 63.0 Å². The Bertz CT molecular complexity index is 1270. The molecule has 0 bridgehead atoms. The zero-order valence-corrected chi connectivity index (χ0v) is 18.1. The van der Waals surface area contributed by atoms with E-state index >= 15 is 0 Å². The number of rotatable bonds is 6. The van der Waals surface area contributed by atoms with Crippen molar-refractivity contribution in [3.8, 4) is 0 Å². The molecule has 0 aliphatic carbocycles. The molecule has 1 aliphatic heterocycles. The standard InChI is InChI=1S/C23H24N4O5/c1-25(2)11-4-12-27-19(14-7-9-24-10-8-14)18(21(29)22(27)30)20(28)15-5-6-16-17(13-15)32-23(31)26(16)3/h5-10,13,19,28H,4,11-12H2,1-3H3/t19-/m0/s1. The van der Waals surface area contributed by atoms with Crippen LogP contribution in [0.5, 0.6) is 0 Å². The fourth-order valence-corrected chi connectivity index (χ4v) is 4.00. The zero-order chi connectivity index (χ0) is 23.0. The van der Waals surface area contributed by atoms with Gasteiger partial charge in [-0.25, -0.2) is 4.79 Å². The molecule has 0 radical (unpaired) electrons. The van der Waals surface area contributed by atoms with Crippen LogP contribution in [-0.4, -0.2) is 63.3 Å². The highest BCUT2D eigenvalue weighted by molar-refractivity contribution is 6.46. The molecule has 3 heterocycles. The number of fused-ring (bicyclic) bond motifs is 1. The first-order valence-corrected chi connectivity index (χ1v) is 10.2. The topological polar surface area (TPSA) is 109 Å². The van der Waals surface area contributed by atoms with E-state index in [0.717, 1.165) is 6.54 Å². The van der Waals surface area contributed by atoms with Gasteiger partial charge in [0, 0.05) is 31.5 Å². The van der Waals surface area contributed by atoms with Crippen LogP contribution in [0.15, 0.2) is 57.5 Å². The molecule has 1 saturated heterocycles. The van der Waals surface area contributed by atoms with E-state index in [-0.39, 0.29) is 22.5 Å². The third-order valence-electron chi connectivity index (χ3n) is 5.63. The van der Waals surface area contributed by atoms with Crippen LogP contribution in [0, 0.1) is 0 Å². The molecule has 0 unspecified atom stereocenters. The van der Waals surface area contributed by atoms with Crippen LogP contribution in [0.1, 0.15) is 23.6 Å². The predicted molar refractivity (Wildman–Crippen MR) is 118 cm³/mol.